The molecule has 5 nitrogen and oxygen atoms in total. The third kappa shape index (κ3) is 3.45. The van der Waals surface area contributed by atoms with Crippen molar-refractivity contribution in [1.29, 1.82) is 0 Å². The van der Waals surface area contributed by atoms with Crippen LogP contribution in [0.15, 0.2) is 48.5 Å². The molecule has 1 heterocycles. The quantitative estimate of drug-likeness (QED) is 0.729. The lowest BCUT2D eigenvalue weighted by Crippen LogP contribution is -2.11. The van der Waals surface area contributed by atoms with Crippen LogP contribution in [-0.2, 0) is 13.7 Å². The minimum absolute atomic E-state index is 0.127. The Balaban J connectivity index is 1.99. The fraction of sp³-hybridized carbons (Fsp3) is 0.250. The molecule has 25 heavy (non-hydrogen) atoms. The summed E-state index contributed by atoms with van der Waals surface area (Å²) in [6.07, 6.45) is -0.127. The van der Waals surface area contributed by atoms with Crippen LogP contribution >= 0.6 is 0 Å². The standard InChI is InChI=1S/C20H21NO4/c1-13(2)25-19-16-11-15(24-12-14-7-5-4-6-8-14)9-10-17(16)21(3)18(19)20(22)23/h4-11,13H,12H2,1-3H3,(H,22,23). The molecule has 0 amide bonds. The van der Waals surface area contributed by atoms with Gasteiger partial charge in [0.05, 0.1) is 11.6 Å². The molecule has 3 rings (SSSR count). The average molecular weight is 339 g/mol. The van der Waals surface area contributed by atoms with Gasteiger partial charge in [-0.15, -0.1) is 0 Å². The number of benzene rings is 2. The molecule has 1 N–H and O–H groups in total. The van der Waals surface area contributed by atoms with E-state index in [1.807, 2.05) is 62.4 Å². The Hall–Kier alpha value is -2.95. The van der Waals surface area contributed by atoms with Crippen LogP contribution in [0.2, 0.25) is 0 Å². The first-order chi connectivity index (χ1) is 12.0. The normalized spacial score (nSPS) is 11.0. The molecule has 0 saturated carbocycles. The molecule has 0 aliphatic carbocycles. The van der Waals surface area contributed by atoms with Gasteiger partial charge in [0.1, 0.15) is 12.4 Å². The van der Waals surface area contributed by atoms with Crippen LogP contribution in [0.3, 0.4) is 0 Å². The molecule has 0 radical (unpaired) electrons. The van der Waals surface area contributed by atoms with Crippen molar-refractivity contribution < 1.29 is 19.4 Å². The number of fused-ring (bicyclic) bond motifs is 1. The number of hydrogen-bond donors (Lipinski definition) is 1. The maximum absolute atomic E-state index is 11.7. The van der Waals surface area contributed by atoms with E-state index in [1.54, 1.807) is 11.6 Å². The number of aromatic nitrogens is 1. The highest BCUT2D eigenvalue weighted by Crippen LogP contribution is 2.36. The number of ether oxygens (including phenoxy) is 2. The van der Waals surface area contributed by atoms with Crippen molar-refractivity contribution in [3.63, 3.8) is 0 Å². The van der Waals surface area contributed by atoms with Crippen LogP contribution in [0.1, 0.15) is 29.9 Å². The van der Waals surface area contributed by atoms with Crippen molar-refractivity contribution >= 4 is 16.9 Å². The van der Waals surface area contributed by atoms with Gasteiger partial charge in [-0.05, 0) is 37.6 Å². The van der Waals surface area contributed by atoms with Gasteiger partial charge in [-0.25, -0.2) is 4.79 Å². The summed E-state index contributed by atoms with van der Waals surface area (Å²) in [6.45, 7) is 4.20. The zero-order valence-electron chi connectivity index (χ0n) is 14.5. The number of rotatable bonds is 6. The molecule has 0 atom stereocenters. The lowest BCUT2D eigenvalue weighted by Gasteiger charge is -2.10. The maximum atomic E-state index is 11.7. The number of carboxylic acid groups (broad SMARTS) is 1. The molecular weight excluding hydrogens is 318 g/mol. The Labute approximate surface area is 146 Å². The molecule has 1 aromatic heterocycles. The molecule has 0 bridgehead atoms. The molecule has 0 saturated heterocycles. The lowest BCUT2D eigenvalue weighted by atomic mass is 10.2. The van der Waals surface area contributed by atoms with Gasteiger partial charge in [-0.3, -0.25) is 0 Å². The van der Waals surface area contributed by atoms with Gasteiger partial charge in [0, 0.05) is 12.4 Å². The van der Waals surface area contributed by atoms with E-state index < -0.39 is 5.97 Å². The molecule has 0 aliphatic heterocycles. The van der Waals surface area contributed by atoms with Gasteiger partial charge in [0.15, 0.2) is 11.4 Å². The third-order valence-corrected chi connectivity index (χ3v) is 3.93. The van der Waals surface area contributed by atoms with Crippen LogP contribution in [-0.4, -0.2) is 21.7 Å². The average Bonchev–Trinajstić information content (AvgIpc) is 2.85. The molecule has 0 fully saturated rings. The summed E-state index contributed by atoms with van der Waals surface area (Å²) in [5.41, 5.74) is 2.00. The van der Waals surface area contributed by atoms with Crippen LogP contribution in [0.5, 0.6) is 11.5 Å². The third-order valence-electron chi connectivity index (χ3n) is 3.93. The largest absolute Gasteiger partial charge is 0.489 e. The second-order valence-corrected chi connectivity index (χ2v) is 6.16. The van der Waals surface area contributed by atoms with E-state index in [2.05, 4.69) is 0 Å². The second kappa shape index (κ2) is 6.89. The van der Waals surface area contributed by atoms with E-state index in [1.165, 1.54) is 0 Å². The van der Waals surface area contributed by atoms with Gasteiger partial charge < -0.3 is 19.1 Å². The highest BCUT2D eigenvalue weighted by atomic mass is 16.5. The Morgan fingerprint density at radius 2 is 1.88 bits per heavy atom. The highest BCUT2D eigenvalue weighted by Gasteiger charge is 2.23. The monoisotopic (exact) mass is 339 g/mol. The van der Waals surface area contributed by atoms with Crippen LogP contribution in [0, 0.1) is 0 Å². The van der Waals surface area contributed by atoms with E-state index in [0.717, 1.165) is 16.5 Å². The predicted molar refractivity (Wildman–Crippen MR) is 96.4 cm³/mol. The summed E-state index contributed by atoms with van der Waals surface area (Å²) in [6, 6.07) is 15.4. The fourth-order valence-electron chi connectivity index (χ4n) is 2.82. The molecular formula is C20H21NO4. The summed E-state index contributed by atoms with van der Waals surface area (Å²) in [7, 11) is 1.73. The smallest absolute Gasteiger partial charge is 0.356 e. The minimum Gasteiger partial charge on any atom is -0.489 e. The topological polar surface area (TPSA) is 60.7 Å². The van der Waals surface area contributed by atoms with Crippen molar-refractivity contribution in [2.45, 2.75) is 26.6 Å². The summed E-state index contributed by atoms with van der Waals surface area (Å²) >= 11 is 0. The van der Waals surface area contributed by atoms with E-state index in [9.17, 15) is 9.90 Å². The predicted octanol–water partition coefficient (Wildman–Crippen LogP) is 4.24. The first-order valence-electron chi connectivity index (χ1n) is 8.16. The first-order valence-corrected chi connectivity index (χ1v) is 8.16. The summed E-state index contributed by atoms with van der Waals surface area (Å²) in [4.78, 5) is 11.7. The lowest BCUT2D eigenvalue weighted by molar-refractivity contribution is 0.0680. The SMILES string of the molecule is CC(C)Oc1c(C(=O)O)n(C)c2ccc(OCc3ccccc3)cc12. The van der Waals surface area contributed by atoms with Crippen molar-refractivity contribution in [2.24, 2.45) is 7.05 Å². The van der Waals surface area contributed by atoms with Gasteiger partial charge >= 0.3 is 5.97 Å². The molecule has 5 heteroatoms. The zero-order chi connectivity index (χ0) is 18.0. The van der Waals surface area contributed by atoms with Crippen molar-refractivity contribution in [3.05, 3.63) is 59.8 Å². The van der Waals surface area contributed by atoms with Gasteiger partial charge in [0.2, 0.25) is 0 Å². The van der Waals surface area contributed by atoms with E-state index in [-0.39, 0.29) is 11.8 Å². The molecule has 0 spiro atoms. The van der Waals surface area contributed by atoms with Crippen molar-refractivity contribution in [3.8, 4) is 11.5 Å². The Morgan fingerprint density at radius 3 is 2.52 bits per heavy atom. The molecule has 130 valence electrons. The molecule has 0 unspecified atom stereocenters. The van der Waals surface area contributed by atoms with Gasteiger partial charge in [-0.1, -0.05) is 30.3 Å². The second-order valence-electron chi connectivity index (χ2n) is 6.16. The maximum Gasteiger partial charge on any atom is 0.356 e. The van der Waals surface area contributed by atoms with E-state index >= 15 is 0 Å². The minimum atomic E-state index is -1.01. The Kier molecular flexibility index (Phi) is 4.65. The Bertz CT molecular complexity index is 897. The molecule has 3 aromatic rings. The van der Waals surface area contributed by atoms with Crippen LogP contribution in [0.4, 0.5) is 0 Å². The summed E-state index contributed by atoms with van der Waals surface area (Å²) in [5.74, 6) is 0.0405. The van der Waals surface area contributed by atoms with Gasteiger partial charge in [-0.2, -0.15) is 0 Å². The summed E-state index contributed by atoms with van der Waals surface area (Å²) < 4.78 is 13.3. The van der Waals surface area contributed by atoms with Crippen LogP contribution < -0.4 is 9.47 Å². The highest BCUT2D eigenvalue weighted by molar-refractivity contribution is 6.01. The number of carboxylic acids is 1. The number of hydrogen-bond acceptors (Lipinski definition) is 3. The summed E-state index contributed by atoms with van der Waals surface area (Å²) in [5, 5.41) is 10.3. The fourth-order valence-corrected chi connectivity index (χ4v) is 2.82. The van der Waals surface area contributed by atoms with Crippen molar-refractivity contribution in [2.75, 3.05) is 0 Å². The Morgan fingerprint density at radius 1 is 1.16 bits per heavy atom. The number of aromatic carboxylic acids is 1. The van der Waals surface area contributed by atoms with Crippen molar-refractivity contribution in [1.82, 2.24) is 4.57 Å². The zero-order valence-corrected chi connectivity index (χ0v) is 14.5. The van der Waals surface area contributed by atoms with Crippen LogP contribution in [0.25, 0.3) is 10.9 Å². The first kappa shape index (κ1) is 16.9. The van der Waals surface area contributed by atoms with Gasteiger partial charge in [0.25, 0.3) is 0 Å². The molecule has 0 aliphatic rings. The van der Waals surface area contributed by atoms with E-state index in [4.69, 9.17) is 9.47 Å². The van der Waals surface area contributed by atoms with E-state index in [0.29, 0.717) is 18.1 Å². The number of carbonyl (C=O) groups is 1. The number of nitrogens with zero attached hydrogens (tertiary/aromatic N) is 1. The molecule has 2 aromatic carbocycles. The number of aryl methyl sites for hydroxylation is 1.